The van der Waals surface area contributed by atoms with Gasteiger partial charge in [0.15, 0.2) is 0 Å². The van der Waals surface area contributed by atoms with Crippen molar-refractivity contribution in [1.82, 2.24) is 14.5 Å². The van der Waals surface area contributed by atoms with E-state index in [1.807, 2.05) is 35.0 Å². The van der Waals surface area contributed by atoms with Gasteiger partial charge in [-0.15, -0.1) is 0 Å². The van der Waals surface area contributed by atoms with Crippen molar-refractivity contribution in [1.29, 1.82) is 0 Å². The van der Waals surface area contributed by atoms with Crippen molar-refractivity contribution in [3.05, 3.63) is 83.9 Å². The van der Waals surface area contributed by atoms with Gasteiger partial charge in [-0.25, -0.2) is 4.98 Å². The first-order chi connectivity index (χ1) is 14.7. The maximum atomic E-state index is 13.1. The van der Waals surface area contributed by atoms with Gasteiger partial charge in [-0.3, -0.25) is 9.78 Å². The molecule has 1 aliphatic rings. The van der Waals surface area contributed by atoms with Gasteiger partial charge in [-0.1, -0.05) is 29.8 Å². The van der Waals surface area contributed by atoms with E-state index in [4.69, 9.17) is 0 Å². The number of anilines is 2. The van der Waals surface area contributed by atoms with Crippen LogP contribution >= 0.6 is 0 Å². The topological polar surface area (TPSA) is 63.1 Å². The predicted octanol–water partition coefficient (Wildman–Crippen LogP) is 4.25. The van der Waals surface area contributed by atoms with Crippen LogP contribution in [0.25, 0.3) is 10.9 Å². The lowest BCUT2D eigenvalue weighted by Gasteiger charge is -2.31. The summed E-state index contributed by atoms with van der Waals surface area (Å²) in [5.41, 5.74) is 4.58. The molecule has 0 radical (unpaired) electrons. The lowest BCUT2D eigenvalue weighted by Crippen LogP contribution is -2.37. The van der Waals surface area contributed by atoms with Crippen LogP contribution in [0.4, 0.5) is 11.5 Å². The van der Waals surface area contributed by atoms with Crippen molar-refractivity contribution in [3.8, 4) is 0 Å². The highest BCUT2D eigenvalue weighted by atomic mass is 16.1. The number of hydrogen-bond acceptors (Lipinski definition) is 4. The molecule has 6 heteroatoms. The number of nitrogens with zero attached hydrogens (tertiary/aromatic N) is 4. The number of aryl methyl sites for hydroxylation is 1. The number of fused-ring (bicyclic) bond motifs is 1. The summed E-state index contributed by atoms with van der Waals surface area (Å²) in [4.78, 5) is 24.1. The number of hydrogen-bond donors (Lipinski definition) is 1. The first kappa shape index (κ1) is 18.4. The normalized spacial score (nSPS) is 13.3. The van der Waals surface area contributed by atoms with Gasteiger partial charge in [0.05, 0.1) is 23.6 Å². The highest BCUT2D eigenvalue weighted by Gasteiger charge is 2.18. The summed E-state index contributed by atoms with van der Waals surface area (Å²) in [6, 6.07) is 16.1. The second kappa shape index (κ2) is 7.63. The zero-order chi connectivity index (χ0) is 20.5. The van der Waals surface area contributed by atoms with Crippen LogP contribution in [-0.4, -0.2) is 33.5 Å². The molecule has 150 valence electrons. The molecule has 0 atom stereocenters. The third kappa shape index (κ3) is 3.52. The van der Waals surface area contributed by atoms with Crippen LogP contribution in [0.15, 0.2) is 67.1 Å². The van der Waals surface area contributed by atoms with E-state index in [-0.39, 0.29) is 5.91 Å². The Morgan fingerprint density at radius 3 is 2.60 bits per heavy atom. The minimum absolute atomic E-state index is 0.156. The molecule has 1 saturated heterocycles. The second-order valence-electron chi connectivity index (χ2n) is 7.74. The van der Waals surface area contributed by atoms with Crippen molar-refractivity contribution >= 4 is 28.3 Å². The molecule has 3 aromatic heterocycles. The summed E-state index contributed by atoms with van der Waals surface area (Å²) < 4.78 is 2.02. The zero-order valence-corrected chi connectivity index (χ0v) is 16.9. The molecule has 1 N–H and O–H groups in total. The van der Waals surface area contributed by atoms with Gasteiger partial charge in [-0.2, -0.15) is 0 Å². The summed E-state index contributed by atoms with van der Waals surface area (Å²) in [6.45, 7) is 4.76. The van der Waals surface area contributed by atoms with Gasteiger partial charge >= 0.3 is 0 Å². The Hall–Kier alpha value is -3.67. The van der Waals surface area contributed by atoms with Crippen molar-refractivity contribution in [2.24, 2.45) is 0 Å². The van der Waals surface area contributed by atoms with Crippen molar-refractivity contribution in [2.75, 3.05) is 23.3 Å². The molecule has 4 aromatic rings. The molecule has 0 spiro atoms. The number of carbonyl (C=O) groups excluding carboxylic acids is 1. The molecule has 4 heterocycles. The fraction of sp³-hybridized carbons (Fsp3) is 0.208. The van der Waals surface area contributed by atoms with Crippen LogP contribution in [-0.2, 0) is 6.54 Å². The van der Waals surface area contributed by atoms with Gasteiger partial charge in [0.2, 0.25) is 0 Å². The first-order valence-corrected chi connectivity index (χ1v) is 10.2. The number of amides is 1. The van der Waals surface area contributed by atoms with Crippen LogP contribution in [0, 0.1) is 6.92 Å². The average Bonchev–Trinajstić information content (AvgIpc) is 3.08. The minimum Gasteiger partial charge on any atom is -0.356 e. The SMILES string of the molecule is Cc1ccc(Cn2c(C(=O)Nc3ccc(N4CCC4)nc3)cc3ccncc32)cc1. The summed E-state index contributed by atoms with van der Waals surface area (Å²) in [5.74, 6) is 0.801. The van der Waals surface area contributed by atoms with Crippen molar-refractivity contribution < 1.29 is 4.79 Å². The van der Waals surface area contributed by atoms with E-state index < -0.39 is 0 Å². The molecule has 5 rings (SSSR count). The lowest BCUT2D eigenvalue weighted by atomic mass is 10.1. The number of nitrogens with one attached hydrogen (secondary N) is 1. The van der Waals surface area contributed by atoms with Crippen LogP contribution in [0.2, 0.25) is 0 Å². The third-order valence-corrected chi connectivity index (χ3v) is 5.59. The predicted molar refractivity (Wildman–Crippen MR) is 119 cm³/mol. The van der Waals surface area contributed by atoms with Crippen LogP contribution in [0.1, 0.15) is 28.0 Å². The molecule has 0 unspecified atom stereocenters. The van der Waals surface area contributed by atoms with Gasteiger partial charge in [-0.05, 0) is 43.2 Å². The highest BCUT2D eigenvalue weighted by Crippen LogP contribution is 2.23. The minimum atomic E-state index is -0.156. The maximum Gasteiger partial charge on any atom is 0.272 e. The van der Waals surface area contributed by atoms with Crippen LogP contribution < -0.4 is 10.2 Å². The van der Waals surface area contributed by atoms with Gasteiger partial charge < -0.3 is 14.8 Å². The van der Waals surface area contributed by atoms with E-state index in [0.717, 1.165) is 35.4 Å². The first-order valence-electron chi connectivity index (χ1n) is 10.2. The fourth-order valence-electron chi connectivity index (χ4n) is 3.72. The molecule has 1 aliphatic heterocycles. The van der Waals surface area contributed by atoms with Gasteiger partial charge in [0, 0.05) is 31.2 Å². The highest BCUT2D eigenvalue weighted by molar-refractivity contribution is 6.06. The van der Waals surface area contributed by atoms with Crippen LogP contribution in [0.5, 0.6) is 0 Å². The number of benzene rings is 1. The number of aromatic nitrogens is 3. The van der Waals surface area contributed by atoms with Crippen LogP contribution in [0.3, 0.4) is 0 Å². The largest absolute Gasteiger partial charge is 0.356 e. The number of pyridine rings is 2. The van der Waals surface area contributed by atoms with E-state index in [1.54, 1.807) is 12.4 Å². The molecular formula is C24H23N5O. The van der Waals surface area contributed by atoms with Gasteiger partial charge in [0.1, 0.15) is 11.5 Å². The standard InChI is InChI=1S/C24H23N5O/c1-17-3-5-18(6-4-17)16-29-21(13-19-9-10-25-15-22(19)29)24(30)27-20-7-8-23(26-14-20)28-11-2-12-28/h3-10,13-15H,2,11-12,16H2,1H3,(H,27,30). The Morgan fingerprint density at radius 1 is 1.07 bits per heavy atom. The van der Waals surface area contributed by atoms with E-state index in [9.17, 15) is 4.79 Å². The third-order valence-electron chi connectivity index (χ3n) is 5.59. The molecule has 1 aromatic carbocycles. The number of carbonyl (C=O) groups is 1. The average molecular weight is 397 g/mol. The van der Waals surface area contributed by atoms with Gasteiger partial charge in [0.25, 0.3) is 5.91 Å². The molecule has 1 fully saturated rings. The molecule has 0 aliphatic carbocycles. The van der Waals surface area contributed by atoms with E-state index in [0.29, 0.717) is 17.9 Å². The molecular weight excluding hydrogens is 374 g/mol. The molecule has 0 bridgehead atoms. The van der Waals surface area contributed by atoms with E-state index in [2.05, 4.69) is 51.4 Å². The van der Waals surface area contributed by atoms with E-state index in [1.165, 1.54) is 12.0 Å². The monoisotopic (exact) mass is 397 g/mol. The molecule has 0 saturated carbocycles. The van der Waals surface area contributed by atoms with E-state index >= 15 is 0 Å². The zero-order valence-electron chi connectivity index (χ0n) is 16.9. The summed E-state index contributed by atoms with van der Waals surface area (Å²) in [5, 5.41) is 3.99. The Kier molecular flexibility index (Phi) is 4.67. The summed E-state index contributed by atoms with van der Waals surface area (Å²) in [7, 11) is 0. The molecule has 1 amide bonds. The molecule has 6 nitrogen and oxygen atoms in total. The summed E-state index contributed by atoms with van der Waals surface area (Å²) in [6.07, 6.45) is 6.49. The Labute approximate surface area is 175 Å². The number of rotatable bonds is 5. The Bertz CT molecular complexity index is 1190. The second-order valence-corrected chi connectivity index (χ2v) is 7.74. The Morgan fingerprint density at radius 2 is 1.90 bits per heavy atom. The molecule has 30 heavy (non-hydrogen) atoms. The maximum absolute atomic E-state index is 13.1. The Balaban J connectivity index is 1.43. The smallest absolute Gasteiger partial charge is 0.272 e. The fourth-order valence-corrected chi connectivity index (χ4v) is 3.72. The summed E-state index contributed by atoms with van der Waals surface area (Å²) >= 11 is 0. The van der Waals surface area contributed by atoms with Crippen molar-refractivity contribution in [3.63, 3.8) is 0 Å². The van der Waals surface area contributed by atoms with Crippen molar-refractivity contribution in [2.45, 2.75) is 19.9 Å². The lowest BCUT2D eigenvalue weighted by molar-refractivity contribution is 0.101. The quantitative estimate of drug-likeness (QED) is 0.547.